The van der Waals surface area contributed by atoms with Gasteiger partial charge in [0.15, 0.2) is 5.75 Å². The van der Waals surface area contributed by atoms with Crippen LogP contribution in [0.5, 0.6) is 5.75 Å². The van der Waals surface area contributed by atoms with Crippen molar-refractivity contribution in [2.45, 2.75) is 11.8 Å². The molecule has 0 aliphatic heterocycles. The number of nitrogens with zero attached hydrogens (tertiary/aromatic N) is 2. The molecule has 0 aliphatic rings. The fourth-order valence-corrected chi connectivity index (χ4v) is 1.51. The van der Waals surface area contributed by atoms with Gasteiger partial charge in [0.05, 0.1) is 4.90 Å². The van der Waals surface area contributed by atoms with E-state index in [0.29, 0.717) is 21.9 Å². The van der Waals surface area contributed by atoms with Crippen molar-refractivity contribution in [3.63, 3.8) is 0 Å². The topological polar surface area (TPSA) is 82.8 Å². The summed E-state index contributed by atoms with van der Waals surface area (Å²) in [5, 5.41) is 18.9. The second-order valence-electron chi connectivity index (χ2n) is 2.49. The normalized spacial score (nSPS) is 8.79. The minimum absolute atomic E-state index is 0.360. The molecular formula is C9H7N3OS. The Labute approximate surface area is 85.9 Å². The van der Waals surface area contributed by atoms with Gasteiger partial charge >= 0.3 is 0 Å². The second kappa shape index (κ2) is 4.40. The zero-order valence-corrected chi connectivity index (χ0v) is 8.26. The molecule has 0 heterocycles. The van der Waals surface area contributed by atoms with E-state index in [9.17, 15) is 0 Å². The van der Waals surface area contributed by atoms with Gasteiger partial charge in [-0.05, 0) is 30.8 Å². The first kappa shape index (κ1) is 10.2. The van der Waals surface area contributed by atoms with Crippen LogP contribution in [0.1, 0.15) is 5.56 Å². The van der Waals surface area contributed by atoms with Crippen molar-refractivity contribution < 1.29 is 4.74 Å². The van der Waals surface area contributed by atoms with Gasteiger partial charge in [0.2, 0.25) is 0 Å². The molecule has 5 heteroatoms. The molecule has 0 aromatic heterocycles. The van der Waals surface area contributed by atoms with Gasteiger partial charge in [-0.25, -0.2) is 0 Å². The van der Waals surface area contributed by atoms with E-state index in [1.165, 1.54) is 0 Å². The largest absolute Gasteiger partial charge is 0.398 e. The Hall–Kier alpha value is -1.85. The number of nitrogen functional groups attached to an aromatic ring is 1. The maximum Gasteiger partial charge on any atom is 0.292 e. The Bertz CT molecular complexity index is 431. The predicted octanol–water partition coefficient (Wildman–Crippen LogP) is 2.01. The number of thiocyanates is 1. The SMILES string of the molecule is Cc1c(N)ccc(SC#N)c1OC#N. The van der Waals surface area contributed by atoms with Crippen LogP contribution < -0.4 is 10.5 Å². The first-order valence-corrected chi connectivity index (χ1v) is 4.53. The first-order valence-electron chi connectivity index (χ1n) is 3.71. The summed E-state index contributed by atoms with van der Waals surface area (Å²) < 4.78 is 4.75. The van der Waals surface area contributed by atoms with Crippen molar-refractivity contribution in [2.24, 2.45) is 0 Å². The smallest absolute Gasteiger partial charge is 0.292 e. The maximum absolute atomic E-state index is 8.52. The summed E-state index contributed by atoms with van der Waals surface area (Å²) in [6, 6.07) is 3.34. The average Bonchev–Trinajstić information content (AvgIpc) is 2.18. The molecule has 0 saturated carbocycles. The van der Waals surface area contributed by atoms with Gasteiger partial charge < -0.3 is 10.5 Å². The third kappa shape index (κ3) is 1.90. The molecule has 1 aromatic rings. The van der Waals surface area contributed by atoms with E-state index in [-0.39, 0.29) is 0 Å². The molecule has 0 amide bonds. The third-order valence-corrected chi connectivity index (χ3v) is 2.35. The predicted molar refractivity (Wildman–Crippen MR) is 53.3 cm³/mol. The zero-order valence-electron chi connectivity index (χ0n) is 7.44. The summed E-state index contributed by atoms with van der Waals surface area (Å²) in [4.78, 5) is 0.598. The summed E-state index contributed by atoms with van der Waals surface area (Å²) in [6.45, 7) is 1.74. The van der Waals surface area contributed by atoms with E-state index >= 15 is 0 Å². The Morgan fingerprint density at radius 1 is 1.43 bits per heavy atom. The fourth-order valence-electron chi connectivity index (χ4n) is 0.984. The Balaban J connectivity index is 3.25. The number of thioether (sulfide) groups is 1. The molecule has 14 heavy (non-hydrogen) atoms. The molecule has 4 nitrogen and oxygen atoms in total. The van der Waals surface area contributed by atoms with E-state index in [2.05, 4.69) is 0 Å². The molecule has 70 valence electrons. The average molecular weight is 205 g/mol. The van der Waals surface area contributed by atoms with Gasteiger partial charge in [-0.3, -0.25) is 0 Å². The lowest BCUT2D eigenvalue weighted by Gasteiger charge is -2.07. The van der Waals surface area contributed by atoms with Crippen LogP contribution in [0, 0.1) is 29.1 Å². The monoisotopic (exact) mass is 205 g/mol. The lowest BCUT2D eigenvalue weighted by molar-refractivity contribution is 0.491. The highest BCUT2D eigenvalue weighted by Crippen LogP contribution is 2.34. The van der Waals surface area contributed by atoms with Gasteiger partial charge in [0.1, 0.15) is 5.40 Å². The molecule has 0 atom stereocenters. The van der Waals surface area contributed by atoms with Crippen molar-refractivity contribution in [3.05, 3.63) is 17.7 Å². The molecule has 0 aliphatic carbocycles. The van der Waals surface area contributed by atoms with Crippen LogP contribution >= 0.6 is 11.8 Å². The molecule has 0 bridgehead atoms. The summed E-state index contributed by atoms with van der Waals surface area (Å²) >= 11 is 0.939. The quantitative estimate of drug-likeness (QED) is 0.453. The van der Waals surface area contributed by atoms with E-state index in [1.54, 1.807) is 25.3 Å². The second-order valence-corrected chi connectivity index (χ2v) is 3.32. The number of anilines is 1. The van der Waals surface area contributed by atoms with Gasteiger partial charge in [-0.15, -0.1) is 5.26 Å². The minimum Gasteiger partial charge on any atom is -0.398 e. The summed E-state index contributed by atoms with van der Waals surface area (Å²) in [5.41, 5.74) is 6.85. The summed E-state index contributed by atoms with van der Waals surface area (Å²) in [5.74, 6) is 0.360. The number of ether oxygens (including phenoxy) is 1. The van der Waals surface area contributed by atoms with Crippen molar-refractivity contribution in [1.29, 1.82) is 10.5 Å². The number of nitrogens with two attached hydrogens (primary N) is 1. The van der Waals surface area contributed by atoms with Crippen LogP contribution in [0.15, 0.2) is 17.0 Å². The lowest BCUT2D eigenvalue weighted by atomic mass is 10.2. The van der Waals surface area contributed by atoms with E-state index in [4.69, 9.17) is 21.0 Å². The Kier molecular flexibility index (Phi) is 3.22. The number of benzene rings is 1. The summed E-state index contributed by atoms with van der Waals surface area (Å²) in [7, 11) is 0. The third-order valence-electron chi connectivity index (χ3n) is 1.71. The van der Waals surface area contributed by atoms with Crippen LogP contribution in [0.2, 0.25) is 0 Å². The van der Waals surface area contributed by atoms with Crippen molar-refractivity contribution >= 4 is 17.4 Å². The highest BCUT2D eigenvalue weighted by atomic mass is 32.2. The molecule has 0 fully saturated rings. The number of hydrogen-bond acceptors (Lipinski definition) is 5. The van der Waals surface area contributed by atoms with Crippen molar-refractivity contribution in [1.82, 2.24) is 0 Å². The maximum atomic E-state index is 8.52. The molecular weight excluding hydrogens is 198 g/mol. The van der Waals surface area contributed by atoms with Crippen LogP contribution in [0.25, 0.3) is 0 Å². The molecule has 0 radical (unpaired) electrons. The lowest BCUT2D eigenvalue weighted by Crippen LogP contribution is -1.95. The number of rotatable bonds is 2. The highest BCUT2D eigenvalue weighted by Gasteiger charge is 2.10. The molecule has 1 rings (SSSR count). The standard InChI is InChI=1S/C9H7N3OS/c1-6-7(12)2-3-8(14-5-11)9(6)13-4-10/h2-3H,12H2,1H3. The molecule has 0 saturated heterocycles. The molecule has 0 unspecified atom stereocenters. The van der Waals surface area contributed by atoms with Gasteiger partial charge in [-0.1, -0.05) is 0 Å². The van der Waals surface area contributed by atoms with Gasteiger partial charge in [0.25, 0.3) is 6.26 Å². The van der Waals surface area contributed by atoms with E-state index < -0.39 is 0 Å². The van der Waals surface area contributed by atoms with Crippen LogP contribution in [-0.2, 0) is 0 Å². The molecule has 1 aromatic carbocycles. The van der Waals surface area contributed by atoms with Crippen LogP contribution in [0.3, 0.4) is 0 Å². The van der Waals surface area contributed by atoms with Crippen LogP contribution in [-0.4, -0.2) is 0 Å². The number of nitriles is 2. The zero-order chi connectivity index (χ0) is 10.6. The molecule has 2 N–H and O–H groups in total. The minimum atomic E-state index is 0.360. The number of hydrogen-bond donors (Lipinski definition) is 1. The Morgan fingerprint density at radius 2 is 2.14 bits per heavy atom. The van der Waals surface area contributed by atoms with E-state index in [1.807, 2.05) is 5.40 Å². The molecule has 0 spiro atoms. The van der Waals surface area contributed by atoms with Crippen molar-refractivity contribution in [3.8, 4) is 17.4 Å². The van der Waals surface area contributed by atoms with Crippen molar-refractivity contribution in [2.75, 3.05) is 5.73 Å². The first-order chi connectivity index (χ1) is 6.70. The van der Waals surface area contributed by atoms with Gasteiger partial charge in [0, 0.05) is 11.3 Å². The Morgan fingerprint density at radius 3 is 2.71 bits per heavy atom. The highest BCUT2D eigenvalue weighted by molar-refractivity contribution is 8.03. The van der Waals surface area contributed by atoms with E-state index in [0.717, 1.165) is 11.8 Å². The van der Waals surface area contributed by atoms with Crippen LogP contribution in [0.4, 0.5) is 5.69 Å². The summed E-state index contributed by atoms with van der Waals surface area (Å²) in [6.07, 6.45) is 1.57. The fraction of sp³-hybridized carbons (Fsp3) is 0.111. The van der Waals surface area contributed by atoms with Gasteiger partial charge in [-0.2, -0.15) is 5.26 Å².